The molecule has 0 aromatic carbocycles. The van der Waals surface area contributed by atoms with Crippen molar-refractivity contribution in [3.63, 3.8) is 0 Å². The van der Waals surface area contributed by atoms with Gasteiger partial charge in [-0.25, -0.2) is 0 Å². The van der Waals surface area contributed by atoms with Gasteiger partial charge in [-0.3, -0.25) is 9.69 Å². The lowest BCUT2D eigenvalue weighted by Gasteiger charge is -2.39. The van der Waals surface area contributed by atoms with Crippen LogP contribution in [0.2, 0.25) is 0 Å². The van der Waals surface area contributed by atoms with E-state index in [1.807, 2.05) is 0 Å². The molecule has 1 saturated heterocycles. The van der Waals surface area contributed by atoms with Crippen molar-refractivity contribution in [2.24, 2.45) is 11.8 Å². The Morgan fingerprint density at radius 3 is 2.86 bits per heavy atom. The number of hydrogen-bond acceptors (Lipinski definition) is 3. The van der Waals surface area contributed by atoms with Gasteiger partial charge in [0.15, 0.2) is 0 Å². The number of nitrogens with zero attached hydrogens (tertiary/aromatic N) is 1. The average molecular weight is 197 g/mol. The molecular weight excluding hydrogens is 178 g/mol. The summed E-state index contributed by atoms with van der Waals surface area (Å²) in [6, 6.07) is 0. The Balaban J connectivity index is 1.80. The molecule has 2 fully saturated rings. The summed E-state index contributed by atoms with van der Waals surface area (Å²) in [5, 5.41) is 9.14. The summed E-state index contributed by atoms with van der Waals surface area (Å²) < 4.78 is 0. The molecule has 1 aliphatic carbocycles. The summed E-state index contributed by atoms with van der Waals surface area (Å²) in [6.45, 7) is 4.63. The van der Waals surface area contributed by atoms with Crippen molar-refractivity contribution in [3.8, 4) is 0 Å². The molecule has 1 heterocycles. The molecule has 80 valence electrons. The summed E-state index contributed by atoms with van der Waals surface area (Å²) in [5.74, 6) is 1.37. The topological polar surface area (TPSA) is 40.5 Å². The number of ketones is 1. The highest BCUT2D eigenvalue weighted by Crippen LogP contribution is 2.27. The zero-order valence-corrected chi connectivity index (χ0v) is 8.78. The van der Waals surface area contributed by atoms with Crippen LogP contribution >= 0.6 is 0 Å². The lowest BCUT2D eigenvalue weighted by Crippen LogP contribution is -2.53. The maximum Gasteiger partial charge on any atom is 0.137 e. The van der Waals surface area contributed by atoms with Gasteiger partial charge in [-0.15, -0.1) is 0 Å². The lowest BCUT2D eigenvalue weighted by atomic mass is 9.81. The van der Waals surface area contributed by atoms with Crippen molar-refractivity contribution in [1.29, 1.82) is 0 Å². The summed E-state index contributed by atoms with van der Waals surface area (Å²) in [5.41, 5.74) is 0. The molecule has 2 unspecified atom stereocenters. The van der Waals surface area contributed by atoms with E-state index in [0.717, 1.165) is 38.9 Å². The number of hydrogen-bond donors (Lipinski definition) is 1. The van der Waals surface area contributed by atoms with Crippen LogP contribution in [-0.4, -0.2) is 41.5 Å². The molecule has 0 amide bonds. The van der Waals surface area contributed by atoms with Crippen molar-refractivity contribution in [3.05, 3.63) is 0 Å². The van der Waals surface area contributed by atoms with Gasteiger partial charge in [0.05, 0.1) is 6.10 Å². The standard InChI is InChI=1S/C11H19NO2/c1-8-2-3-11(14)9(4-8)5-12-6-10(13)7-12/h8-10,13H,2-7H2,1H3. The fourth-order valence-corrected chi connectivity index (χ4v) is 2.51. The van der Waals surface area contributed by atoms with Gasteiger partial charge in [0.1, 0.15) is 5.78 Å². The number of carbonyl (C=O) groups is 1. The van der Waals surface area contributed by atoms with Crippen LogP contribution in [0.4, 0.5) is 0 Å². The molecule has 2 atom stereocenters. The van der Waals surface area contributed by atoms with Crippen molar-refractivity contribution >= 4 is 5.78 Å². The quantitative estimate of drug-likeness (QED) is 0.707. The van der Waals surface area contributed by atoms with Crippen LogP contribution in [0, 0.1) is 11.8 Å². The minimum Gasteiger partial charge on any atom is -0.390 e. The Bertz CT molecular complexity index is 223. The van der Waals surface area contributed by atoms with E-state index in [-0.39, 0.29) is 12.0 Å². The van der Waals surface area contributed by atoms with E-state index in [0.29, 0.717) is 11.7 Å². The third-order valence-electron chi connectivity index (χ3n) is 3.44. The van der Waals surface area contributed by atoms with Crippen LogP contribution in [0.1, 0.15) is 26.2 Å². The van der Waals surface area contributed by atoms with Gasteiger partial charge in [0.25, 0.3) is 0 Å². The second kappa shape index (κ2) is 3.99. The van der Waals surface area contributed by atoms with Crippen LogP contribution in [-0.2, 0) is 4.79 Å². The van der Waals surface area contributed by atoms with Crippen molar-refractivity contribution in [2.75, 3.05) is 19.6 Å². The van der Waals surface area contributed by atoms with Crippen molar-refractivity contribution < 1.29 is 9.90 Å². The van der Waals surface area contributed by atoms with E-state index < -0.39 is 0 Å². The number of aliphatic hydroxyl groups excluding tert-OH is 1. The molecule has 1 N–H and O–H groups in total. The predicted octanol–water partition coefficient (Wildman–Crippen LogP) is 0.668. The Labute approximate surface area is 85.1 Å². The Hall–Kier alpha value is -0.410. The zero-order valence-electron chi connectivity index (χ0n) is 8.78. The van der Waals surface area contributed by atoms with Crippen LogP contribution in [0.3, 0.4) is 0 Å². The minimum absolute atomic E-state index is 0.147. The Kier molecular flexibility index (Phi) is 2.88. The number of β-amino-alcohol motifs (C(OH)–C–C–N with tert-alkyl or cyclic N) is 1. The average Bonchev–Trinajstić information content (AvgIpc) is 2.09. The molecule has 2 aliphatic rings. The maximum atomic E-state index is 11.6. The highest BCUT2D eigenvalue weighted by atomic mass is 16.3. The van der Waals surface area contributed by atoms with Gasteiger partial charge >= 0.3 is 0 Å². The van der Waals surface area contributed by atoms with Crippen LogP contribution in [0.25, 0.3) is 0 Å². The number of aliphatic hydroxyl groups is 1. The second-order valence-corrected chi connectivity index (χ2v) is 4.92. The lowest BCUT2D eigenvalue weighted by molar-refractivity contribution is -0.127. The summed E-state index contributed by atoms with van der Waals surface area (Å²) >= 11 is 0. The summed E-state index contributed by atoms with van der Waals surface area (Å²) in [6.07, 6.45) is 2.73. The number of rotatable bonds is 2. The van der Waals surface area contributed by atoms with E-state index in [9.17, 15) is 4.79 Å². The van der Waals surface area contributed by atoms with Gasteiger partial charge in [-0.2, -0.15) is 0 Å². The third-order valence-corrected chi connectivity index (χ3v) is 3.44. The van der Waals surface area contributed by atoms with Gasteiger partial charge in [-0.05, 0) is 18.8 Å². The van der Waals surface area contributed by atoms with E-state index in [4.69, 9.17) is 5.11 Å². The van der Waals surface area contributed by atoms with Gasteiger partial charge in [0, 0.05) is 32.0 Å². The Morgan fingerprint density at radius 2 is 2.21 bits per heavy atom. The molecule has 0 bridgehead atoms. The molecule has 3 heteroatoms. The van der Waals surface area contributed by atoms with Crippen molar-refractivity contribution in [2.45, 2.75) is 32.3 Å². The molecule has 0 spiro atoms. The van der Waals surface area contributed by atoms with Crippen molar-refractivity contribution in [1.82, 2.24) is 4.90 Å². The summed E-state index contributed by atoms with van der Waals surface area (Å²) in [7, 11) is 0. The smallest absolute Gasteiger partial charge is 0.137 e. The zero-order chi connectivity index (χ0) is 10.1. The van der Waals surface area contributed by atoms with E-state index in [1.54, 1.807) is 0 Å². The molecule has 2 rings (SSSR count). The Morgan fingerprint density at radius 1 is 1.50 bits per heavy atom. The molecule has 0 aromatic rings. The van der Waals surface area contributed by atoms with Crippen LogP contribution < -0.4 is 0 Å². The van der Waals surface area contributed by atoms with Crippen LogP contribution in [0.5, 0.6) is 0 Å². The fraction of sp³-hybridized carbons (Fsp3) is 0.909. The molecule has 14 heavy (non-hydrogen) atoms. The molecule has 3 nitrogen and oxygen atoms in total. The minimum atomic E-state index is -0.147. The first-order valence-corrected chi connectivity index (χ1v) is 5.58. The van der Waals surface area contributed by atoms with E-state index >= 15 is 0 Å². The van der Waals surface area contributed by atoms with E-state index in [2.05, 4.69) is 11.8 Å². The second-order valence-electron chi connectivity index (χ2n) is 4.92. The largest absolute Gasteiger partial charge is 0.390 e. The molecule has 1 aliphatic heterocycles. The molecule has 1 saturated carbocycles. The van der Waals surface area contributed by atoms with Crippen LogP contribution in [0.15, 0.2) is 0 Å². The maximum absolute atomic E-state index is 11.6. The number of carbonyl (C=O) groups excluding carboxylic acids is 1. The molecular formula is C11H19NO2. The monoisotopic (exact) mass is 197 g/mol. The van der Waals surface area contributed by atoms with Gasteiger partial charge in [0.2, 0.25) is 0 Å². The number of Topliss-reactive ketones (excluding diaryl/α,β-unsaturated/α-hetero) is 1. The third kappa shape index (κ3) is 2.15. The first-order valence-electron chi connectivity index (χ1n) is 5.58. The normalized spacial score (nSPS) is 35.7. The highest BCUT2D eigenvalue weighted by molar-refractivity contribution is 5.81. The summed E-state index contributed by atoms with van der Waals surface area (Å²) in [4.78, 5) is 13.8. The number of likely N-dealkylation sites (tertiary alicyclic amines) is 1. The van der Waals surface area contributed by atoms with Gasteiger partial charge < -0.3 is 5.11 Å². The molecule has 0 aromatic heterocycles. The highest BCUT2D eigenvalue weighted by Gasteiger charge is 2.32. The predicted molar refractivity (Wildman–Crippen MR) is 54.0 cm³/mol. The van der Waals surface area contributed by atoms with E-state index in [1.165, 1.54) is 0 Å². The first kappa shape index (κ1) is 10.1. The fourth-order valence-electron chi connectivity index (χ4n) is 2.51. The molecule has 0 radical (unpaired) electrons. The SMILES string of the molecule is CC1CCC(=O)C(CN2CC(O)C2)C1. The van der Waals surface area contributed by atoms with Gasteiger partial charge in [-0.1, -0.05) is 6.92 Å². The first-order chi connectivity index (χ1) is 6.65.